The van der Waals surface area contributed by atoms with E-state index in [1.54, 1.807) is 18.3 Å². The highest BCUT2D eigenvalue weighted by atomic mass is 16.5. The van der Waals surface area contributed by atoms with Crippen LogP contribution in [0.5, 0.6) is 11.5 Å². The van der Waals surface area contributed by atoms with Crippen molar-refractivity contribution < 1.29 is 4.74 Å². The van der Waals surface area contributed by atoms with Crippen molar-refractivity contribution in [3.05, 3.63) is 53.3 Å². The molecule has 0 unspecified atom stereocenters. The lowest BCUT2D eigenvalue weighted by atomic mass is 10.1. The maximum absolute atomic E-state index is 8.65. The molecule has 0 saturated heterocycles. The molecule has 2 rings (SSSR count). The minimum atomic E-state index is 0.387. The fraction of sp³-hybridized carbons (Fsp3) is 0.143. The Bertz CT molecular complexity index is 568. The van der Waals surface area contributed by atoms with Crippen LogP contribution in [0.2, 0.25) is 0 Å². The summed E-state index contributed by atoms with van der Waals surface area (Å²) in [5, 5.41) is 8.65. The summed E-state index contributed by atoms with van der Waals surface area (Å²) >= 11 is 0. The number of nitrogens with zero attached hydrogens (tertiary/aromatic N) is 2. The third kappa shape index (κ3) is 2.43. The minimum absolute atomic E-state index is 0.387. The van der Waals surface area contributed by atoms with Gasteiger partial charge in [0.1, 0.15) is 23.3 Å². The Labute approximate surface area is 100 Å². The molecular formula is C14H12N2O. The van der Waals surface area contributed by atoms with Gasteiger partial charge in [-0.3, -0.25) is 0 Å². The lowest BCUT2D eigenvalue weighted by Crippen LogP contribution is -1.91. The molecule has 0 aliphatic rings. The zero-order chi connectivity index (χ0) is 12.3. The van der Waals surface area contributed by atoms with Crippen LogP contribution >= 0.6 is 0 Å². The van der Waals surface area contributed by atoms with Crippen LogP contribution in [0.1, 0.15) is 16.8 Å². The van der Waals surface area contributed by atoms with Gasteiger partial charge in [-0.25, -0.2) is 4.98 Å². The average Bonchev–Trinajstić information content (AvgIpc) is 2.36. The molecule has 0 spiro atoms. The van der Waals surface area contributed by atoms with Gasteiger partial charge >= 0.3 is 0 Å². The van der Waals surface area contributed by atoms with Crippen LogP contribution in [0.4, 0.5) is 0 Å². The van der Waals surface area contributed by atoms with E-state index in [4.69, 9.17) is 10.00 Å². The molecule has 0 radical (unpaired) electrons. The second-order valence-electron chi connectivity index (χ2n) is 3.79. The third-order valence-electron chi connectivity index (χ3n) is 2.63. The van der Waals surface area contributed by atoms with Gasteiger partial charge in [-0.1, -0.05) is 12.1 Å². The first kappa shape index (κ1) is 11.2. The smallest absolute Gasteiger partial charge is 0.145 e. The number of aromatic nitrogens is 1. The highest BCUT2D eigenvalue weighted by Crippen LogP contribution is 2.26. The Morgan fingerprint density at radius 1 is 1.18 bits per heavy atom. The average molecular weight is 224 g/mol. The quantitative estimate of drug-likeness (QED) is 0.785. The van der Waals surface area contributed by atoms with Gasteiger partial charge < -0.3 is 4.74 Å². The molecule has 0 N–H and O–H groups in total. The summed E-state index contributed by atoms with van der Waals surface area (Å²) in [4.78, 5) is 3.96. The Hall–Kier alpha value is -2.34. The van der Waals surface area contributed by atoms with Crippen molar-refractivity contribution in [1.29, 1.82) is 5.26 Å². The van der Waals surface area contributed by atoms with Gasteiger partial charge in [0.25, 0.3) is 0 Å². The Morgan fingerprint density at radius 3 is 2.65 bits per heavy atom. The van der Waals surface area contributed by atoms with Crippen LogP contribution in [0.15, 0.2) is 36.5 Å². The molecule has 0 saturated carbocycles. The highest BCUT2D eigenvalue weighted by Gasteiger charge is 2.03. The van der Waals surface area contributed by atoms with Crippen LogP contribution in [0.3, 0.4) is 0 Å². The van der Waals surface area contributed by atoms with E-state index in [2.05, 4.69) is 4.98 Å². The van der Waals surface area contributed by atoms with Crippen molar-refractivity contribution in [3.63, 3.8) is 0 Å². The molecule has 1 heterocycles. The number of nitriles is 1. The predicted octanol–water partition coefficient (Wildman–Crippen LogP) is 3.36. The number of benzene rings is 1. The molecule has 0 atom stereocenters. The summed E-state index contributed by atoms with van der Waals surface area (Å²) < 4.78 is 5.72. The van der Waals surface area contributed by atoms with E-state index in [0.29, 0.717) is 11.4 Å². The molecule has 3 nitrogen and oxygen atoms in total. The number of aryl methyl sites for hydroxylation is 1. The zero-order valence-electron chi connectivity index (χ0n) is 9.77. The minimum Gasteiger partial charge on any atom is -0.455 e. The largest absolute Gasteiger partial charge is 0.455 e. The third-order valence-corrected chi connectivity index (χ3v) is 2.63. The fourth-order valence-electron chi connectivity index (χ4n) is 1.47. The standard InChI is InChI=1S/C14H12N2O/c1-10-4-3-5-14(11(10)2)17-13-7-6-12(8-15)16-9-13/h3-7,9H,1-2H3. The summed E-state index contributed by atoms with van der Waals surface area (Å²) in [5.74, 6) is 1.45. The predicted molar refractivity (Wildman–Crippen MR) is 64.9 cm³/mol. The van der Waals surface area contributed by atoms with Crippen molar-refractivity contribution in [3.8, 4) is 17.6 Å². The van der Waals surface area contributed by atoms with Gasteiger partial charge in [-0.2, -0.15) is 5.26 Å². The first-order valence-electron chi connectivity index (χ1n) is 5.31. The van der Waals surface area contributed by atoms with Crippen LogP contribution in [-0.2, 0) is 0 Å². The molecule has 2 aromatic rings. The van der Waals surface area contributed by atoms with E-state index >= 15 is 0 Å². The molecule has 84 valence electrons. The van der Waals surface area contributed by atoms with Gasteiger partial charge in [-0.15, -0.1) is 0 Å². The molecule has 3 heteroatoms. The molecule has 0 aliphatic carbocycles. The highest BCUT2D eigenvalue weighted by molar-refractivity contribution is 5.41. The fourth-order valence-corrected chi connectivity index (χ4v) is 1.47. The Morgan fingerprint density at radius 2 is 2.00 bits per heavy atom. The van der Waals surface area contributed by atoms with Gasteiger partial charge in [0, 0.05) is 0 Å². The molecule has 0 amide bonds. The second-order valence-corrected chi connectivity index (χ2v) is 3.79. The molecule has 1 aromatic heterocycles. The van der Waals surface area contributed by atoms with E-state index < -0.39 is 0 Å². The van der Waals surface area contributed by atoms with E-state index in [-0.39, 0.29) is 0 Å². The first-order valence-corrected chi connectivity index (χ1v) is 5.31. The van der Waals surface area contributed by atoms with Crippen molar-refractivity contribution in [2.75, 3.05) is 0 Å². The van der Waals surface area contributed by atoms with Crippen molar-refractivity contribution in [1.82, 2.24) is 4.98 Å². The lowest BCUT2D eigenvalue weighted by Gasteiger charge is -2.09. The number of pyridine rings is 1. The molecule has 0 bridgehead atoms. The number of ether oxygens (including phenoxy) is 1. The molecule has 0 fully saturated rings. The maximum atomic E-state index is 8.65. The lowest BCUT2D eigenvalue weighted by molar-refractivity contribution is 0.476. The SMILES string of the molecule is Cc1cccc(Oc2ccc(C#N)nc2)c1C. The number of hydrogen-bond acceptors (Lipinski definition) is 3. The van der Waals surface area contributed by atoms with Crippen molar-refractivity contribution >= 4 is 0 Å². The monoisotopic (exact) mass is 224 g/mol. The van der Waals surface area contributed by atoms with E-state index in [0.717, 1.165) is 11.3 Å². The molecule has 1 aromatic carbocycles. The van der Waals surface area contributed by atoms with Crippen molar-refractivity contribution in [2.24, 2.45) is 0 Å². The number of rotatable bonds is 2. The van der Waals surface area contributed by atoms with Crippen molar-refractivity contribution in [2.45, 2.75) is 13.8 Å². The van der Waals surface area contributed by atoms with E-state index in [9.17, 15) is 0 Å². The Kier molecular flexibility index (Phi) is 3.06. The van der Waals surface area contributed by atoms with E-state index in [1.807, 2.05) is 38.1 Å². The number of hydrogen-bond donors (Lipinski definition) is 0. The van der Waals surface area contributed by atoms with E-state index in [1.165, 1.54) is 5.56 Å². The van der Waals surface area contributed by atoms with Crippen LogP contribution in [-0.4, -0.2) is 4.98 Å². The molecule has 17 heavy (non-hydrogen) atoms. The molecular weight excluding hydrogens is 212 g/mol. The summed E-state index contributed by atoms with van der Waals surface area (Å²) in [6.45, 7) is 4.06. The van der Waals surface area contributed by atoms with Gasteiger partial charge in [0.05, 0.1) is 6.20 Å². The summed E-state index contributed by atoms with van der Waals surface area (Å²) in [6, 6.07) is 11.3. The summed E-state index contributed by atoms with van der Waals surface area (Å²) in [7, 11) is 0. The Balaban J connectivity index is 2.26. The van der Waals surface area contributed by atoms with Crippen LogP contribution in [0.25, 0.3) is 0 Å². The zero-order valence-corrected chi connectivity index (χ0v) is 9.77. The second kappa shape index (κ2) is 4.67. The van der Waals surface area contributed by atoms with Gasteiger partial charge in [0.15, 0.2) is 0 Å². The molecule has 0 aliphatic heterocycles. The topological polar surface area (TPSA) is 45.9 Å². The summed E-state index contributed by atoms with van der Waals surface area (Å²) in [5.41, 5.74) is 2.68. The van der Waals surface area contributed by atoms with Gasteiger partial charge in [-0.05, 0) is 43.2 Å². The van der Waals surface area contributed by atoms with Crippen LogP contribution in [0, 0.1) is 25.2 Å². The summed E-state index contributed by atoms with van der Waals surface area (Å²) in [6.07, 6.45) is 1.56. The maximum Gasteiger partial charge on any atom is 0.145 e. The first-order chi connectivity index (χ1) is 8.20. The van der Waals surface area contributed by atoms with Gasteiger partial charge in [0.2, 0.25) is 0 Å². The van der Waals surface area contributed by atoms with Crippen LogP contribution < -0.4 is 4.74 Å². The normalized spacial score (nSPS) is 9.71.